The Hall–Kier alpha value is -2.21. The first kappa shape index (κ1) is 16.6. The maximum Gasteiger partial charge on any atom is 0.245 e. The zero-order chi connectivity index (χ0) is 16.9. The summed E-state index contributed by atoms with van der Waals surface area (Å²) in [4.78, 5) is 29.6. The Bertz CT molecular complexity index is 727. The number of aryl methyl sites for hydroxylation is 1. The third-order valence-corrected chi connectivity index (χ3v) is 5.12. The molecule has 1 unspecified atom stereocenters. The monoisotopic (exact) mass is 343 g/mol. The van der Waals surface area contributed by atoms with Crippen molar-refractivity contribution >= 4 is 28.3 Å². The maximum atomic E-state index is 12.0. The van der Waals surface area contributed by atoms with Crippen LogP contribution < -0.4 is 10.6 Å². The molecule has 0 aliphatic heterocycles. The van der Waals surface area contributed by atoms with Crippen molar-refractivity contribution in [2.45, 2.75) is 32.6 Å². The van der Waals surface area contributed by atoms with Crippen LogP contribution in [0.4, 0.5) is 5.13 Å². The zero-order valence-corrected chi connectivity index (χ0v) is 14.5. The van der Waals surface area contributed by atoms with E-state index in [1.54, 1.807) is 11.3 Å². The Kier molecular flexibility index (Phi) is 5.25. The van der Waals surface area contributed by atoms with E-state index < -0.39 is 0 Å². The van der Waals surface area contributed by atoms with Gasteiger partial charge in [-0.2, -0.15) is 0 Å². The summed E-state index contributed by atoms with van der Waals surface area (Å²) in [6.45, 7) is 2.20. The van der Waals surface area contributed by atoms with Crippen LogP contribution in [-0.2, 0) is 28.9 Å². The molecule has 1 heterocycles. The number of anilines is 1. The maximum absolute atomic E-state index is 12.0. The van der Waals surface area contributed by atoms with E-state index in [0.29, 0.717) is 11.0 Å². The van der Waals surface area contributed by atoms with Crippen molar-refractivity contribution in [3.05, 3.63) is 46.5 Å². The number of nitrogens with zero attached hydrogens (tertiary/aromatic N) is 1. The molecule has 24 heavy (non-hydrogen) atoms. The van der Waals surface area contributed by atoms with E-state index >= 15 is 0 Å². The van der Waals surface area contributed by atoms with Crippen molar-refractivity contribution in [1.29, 1.82) is 0 Å². The number of rotatable bonds is 5. The summed E-state index contributed by atoms with van der Waals surface area (Å²) in [5.41, 5.74) is 2.04. The zero-order valence-electron chi connectivity index (χ0n) is 13.7. The Balaban J connectivity index is 1.47. The highest BCUT2D eigenvalue weighted by atomic mass is 32.1. The first-order valence-electron chi connectivity index (χ1n) is 8.19. The van der Waals surface area contributed by atoms with Crippen LogP contribution in [-0.4, -0.2) is 23.3 Å². The molecular weight excluding hydrogens is 322 g/mol. The van der Waals surface area contributed by atoms with Gasteiger partial charge in [0.15, 0.2) is 5.13 Å². The van der Waals surface area contributed by atoms with Crippen molar-refractivity contribution in [1.82, 2.24) is 10.3 Å². The van der Waals surface area contributed by atoms with Gasteiger partial charge in [0.05, 0.1) is 18.7 Å². The Labute approximate surface area is 145 Å². The standard InChI is InChI=1S/C18H21N3O2S/c1-12-7-8-14-15(9-12)24-18(20-14)21-17(23)11-19-16(22)10-13-5-3-2-4-6-13/h2-6,12H,7-11H2,1H3,(H,19,22)(H,20,21,23). The van der Waals surface area contributed by atoms with Crippen LogP contribution in [0, 0.1) is 5.92 Å². The smallest absolute Gasteiger partial charge is 0.245 e. The SMILES string of the molecule is CC1CCc2nc(NC(=O)CNC(=O)Cc3ccccc3)sc2C1. The number of thiazole rings is 1. The van der Waals surface area contributed by atoms with E-state index in [9.17, 15) is 9.59 Å². The predicted molar refractivity (Wildman–Crippen MR) is 95.1 cm³/mol. The second-order valence-electron chi connectivity index (χ2n) is 6.22. The van der Waals surface area contributed by atoms with Gasteiger partial charge in [-0.15, -0.1) is 11.3 Å². The fourth-order valence-corrected chi connectivity index (χ4v) is 3.97. The van der Waals surface area contributed by atoms with Crippen molar-refractivity contribution in [3.8, 4) is 0 Å². The van der Waals surface area contributed by atoms with Crippen LogP contribution in [0.2, 0.25) is 0 Å². The summed E-state index contributed by atoms with van der Waals surface area (Å²) in [5, 5.41) is 6.07. The lowest BCUT2D eigenvalue weighted by Crippen LogP contribution is -2.33. The highest BCUT2D eigenvalue weighted by molar-refractivity contribution is 7.15. The van der Waals surface area contributed by atoms with E-state index in [1.807, 2.05) is 30.3 Å². The molecule has 2 aromatic rings. The van der Waals surface area contributed by atoms with Gasteiger partial charge in [0, 0.05) is 4.88 Å². The number of benzene rings is 1. The molecule has 0 spiro atoms. The average molecular weight is 343 g/mol. The number of nitrogens with one attached hydrogen (secondary N) is 2. The van der Waals surface area contributed by atoms with E-state index in [0.717, 1.165) is 30.5 Å². The quantitative estimate of drug-likeness (QED) is 0.876. The highest BCUT2D eigenvalue weighted by Crippen LogP contribution is 2.31. The molecule has 0 fully saturated rings. The van der Waals surface area contributed by atoms with Crippen LogP contribution in [0.25, 0.3) is 0 Å². The summed E-state index contributed by atoms with van der Waals surface area (Å²) in [7, 11) is 0. The first-order valence-corrected chi connectivity index (χ1v) is 9.01. The predicted octanol–water partition coefficient (Wildman–Crippen LogP) is 2.57. The van der Waals surface area contributed by atoms with Gasteiger partial charge in [-0.3, -0.25) is 9.59 Å². The number of hydrogen-bond acceptors (Lipinski definition) is 4. The molecular formula is C18H21N3O2S. The number of hydrogen-bond donors (Lipinski definition) is 2. The van der Waals surface area contributed by atoms with Gasteiger partial charge in [0.25, 0.3) is 0 Å². The van der Waals surface area contributed by atoms with Gasteiger partial charge in [-0.05, 0) is 30.7 Å². The van der Waals surface area contributed by atoms with E-state index in [-0.39, 0.29) is 24.8 Å². The first-order chi connectivity index (χ1) is 11.6. The lowest BCUT2D eigenvalue weighted by atomic mass is 9.93. The number of fused-ring (bicyclic) bond motifs is 1. The molecule has 126 valence electrons. The molecule has 6 heteroatoms. The molecule has 3 rings (SSSR count). The molecule has 5 nitrogen and oxygen atoms in total. The third kappa shape index (κ3) is 4.41. The Morgan fingerprint density at radius 1 is 1.25 bits per heavy atom. The van der Waals surface area contributed by atoms with Gasteiger partial charge < -0.3 is 10.6 Å². The fraction of sp³-hybridized carbons (Fsp3) is 0.389. The van der Waals surface area contributed by atoms with Crippen LogP contribution in [0.15, 0.2) is 30.3 Å². The number of aromatic nitrogens is 1. The molecule has 2 N–H and O–H groups in total. The second kappa shape index (κ2) is 7.57. The normalized spacial score (nSPS) is 16.3. The van der Waals surface area contributed by atoms with E-state index in [4.69, 9.17) is 0 Å². The van der Waals surface area contributed by atoms with Crippen LogP contribution in [0.1, 0.15) is 29.5 Å². The van der Waals surface area contributed by atoms with Crippen molar-refractivity contribution in [3.63, 3.8) is 0 Å². The largest absolute Gasteiger partial charge is 0.347 e. The molecule has 1 aromatic heterocycles. The number of carbonyl (C=O) groups is 2. The molecule has 0 saturated carbocycles. The summed E-state index contributed by atoms with van der Waals surface area (Å²) in [5.74, 6) is 0.276. The van der Waals surface area contributed by atoms with Crippen LogP contribution in [0.3, 0.4) is 0 Å². The van der Waals surface area contributed by atoms with Crippen molar-refractivity contribution < 1.29 is 9.59 Å². The van der Waals surface area contributed by atoms with Crippen LogP contribution >= 0.6 is 11.3 Å². The molecule has 0 bridgehead atoms. The van der Waals surface area contributed by atoms with Crippen molar-refractivity contribution in [2.75, 3.05) is 11.9 Å². The molecule has 1 aliphatic rings. The minimum absolute atomic E-state index is 0.0354. The summed E-state index contributed by atoms with van der Waals surface area (Å²) in [6.07, 6.45) is 3.45. The lowest BCUT2D eigenvalue weighted by Gasteiger charge is -2.15. The number of amides is 2. The second-order valence-corrected chi connectivity index (χ2v) is 7.31. The Morgan fingerprint density at radius 2 is 2.04 bits per heavy atom. The lowest BCUT2D eigenvalue weighted by molar-refractivity contribution is -0.123. The highest BCUT2D eigenvalue weighted by Gasteiger charge is 2.20. The molecule has 2 amide bonds. The van der Waals surface area contributed by atoms with Crippen LogP contribution in [0.5, 0.6) is 0 Å². The van der Waals surface area contributed by atoms with Gasteiger partial charge in [0.1, 0.15) is 0 Å². The molecule has 1 aromatic carbocycles. The van der Waals surface area contributed by atoms with Gasteiger partial charge >= 0.3 is 0 Å². The number of carbonyl (C=O) groups excluding carboxylic acids is 2. The summed E-state index contributed by atoms with van der Waals surface area (Å²) in [6, 6.07) is 9.46. The molecule has 0 radical (unpaired) electrons. The third-order valence-electron chi connectivity index (χ3n) is 4.09. The van der Waals surface area contributed by atoms with E-state index in [2.05, 4.69) is 22.5 Å². The van der Waals surface area contributed by atoms with Crippen molar-refractivity contribution in [2.24, 2.45) is 5.92 Å². The van der Waals surface area contributed by atoms with Gasteiger partial charge in [0.2, 0.25) is 11.8 Å². The fourth-order valence-electron chi connectivity index (χ4n) is 2.78. The van der Waals surface area contributed by atoms with Gasteiger partial charge in [-0.1, -0.05) is 37.3 Å². The molecule has 1 atom stereocenters. The minimum Gasteiger partial charge on any atom is -0.347 e. The minimum atomic E-state index is -0.240. The van der Waals surface area contributed by atoms with E-state index in [1.165, 1.54) is 4.88 Å². The summed E-state index contributed by atoms with van der Waals surface area (Å²) >= 11 is 1.55. The summed E-state index contributed by atoms with van der Waals surface area (Å²) < 4.78 is 0. The molecule has 1 aliphatic carbocycles. The Morgan fingerprint density at radius 3 is 2.83 bits per heavy atom. The van der Waals surface area contributed by atoms with Gasteiger partial charge in [-0.25, -0.2) is 4.98 Å². The molecule has 0 saturated heterocycles. The average Bonchev–Trinajstić information content (AvgIpc) is 2.95. The topological polar surface area (TPSA) is 71.1 Å².